The second-order valence-electron chi connectivity index (χ2n) is 7.52. The van der Waals surface area contributed by atoms with Crippen molar-refractivity contribution < 1.29 is 32.3 Å². The van der Waals surface area contributed by atoms with Crippen LogP contribution in [0.4, 0.5) is 14.9 Å². The summed E-state index contributed by atoms with van der Waals surface area (Å²) >= 11 is 0. The van der Waals surface area contributed by atoms with E-state index in [0.29, 0.717) is 34.5 Å². The van der Waals surface area contributed by atoms with Gasteiger partial charge in [0.1, 0.15) is 28.5 Å². The summed E-state index contributed by atoms with van der Waals surface area (Å²) in [6.07, 6.45) is 1.77. The van der Waals surface area contributed by atoms with Crippen LogP contribution in [0.3, 0.4) is 0 Å². The molecule has 0 fully saturated rings. The highest BCUT2D eigenvalue weighted by molar-refractivity contribution is 6.12. The van der Waals surface area contributed by atoms with Crippen LogP contribution in [0.25, 0.3) is 22.3 Å². The van der Waals surface area contributed by atoms with Gasteiger partial charge in [0.25, 0.3) is 0 Å². The topological polar surface area (TPSA) is 117 Å². The number of halogens is 1. The Labute approximate surface area is 188 Å². The van der Waals surface area contributed by atoms with Crippen LogP contribution in [0.2, 0.25) is 0 Å². The van der Waals surface area contributed by atoms with E-state index in [-0.39, 0.29) is 17.4 Å². The number of hydrogen-bond acceptors (Lipinski definition) is 7. The summed E-state index contributed by atoms with van der Waals surface area (Å²) in [6.45, 7) is 4.19. The highest BCUT2D eigenvalue weighted by Crippen LogP contribution is 2.40. The quantitative estimate of drug-likeness (QED) is 0.282. The van der Waals surface area contributed by atoms with Gasteiger partial charge in [0.15, 0.2) is 0 Å². The van der Waals surface area contributed by atoms with Crippen LogP contribution < -0.4 is 15.8 Å². The zero-order valence-electron chi connectivity index (χ0n) is 17.9. The molecule has 0 radical (unpaired) electrons. The van der Waals surface area contributed by atoms with Crippen molar-refractivity contribution in [3.63, 3.8) is 0 Å². The monoisotopic (exact) mass is 452 g/mol. The Morgan fingerprint density at radius 3 is 2.55 bits per heavy atom. The number of nitrogens with one attached hydrogen (secondary N) is 1. The Morgan fingerprint density at radius 2 is 1.91 bits per heavy atom. The number of amides is 1. The van der Waals surface area contributed by atoms with E-state index in [2.05, 4.69) is 10.1 Å². The zero-order valence-corrected chi connectivity index (χ0v) is 17.9. The third-order valence-corrected chi connectivity index (χ3v) is 4.72. The molecule has 9 heteroatoms. The minimum Gasteiger partial charge on any atom is -0.489 e. The smallest absolute Gasteiger partial charge is 0.412 e. The third-order valence-electron chi connectivity index (χ3n) is 4.72. The molecule has 0 aliphatic carbocycles. The second kappa shape index (κ2) is 9.07. The molecular formula is C24H21FN2O6. The Bertz CT molecular complexity index is 1290. The molecule has 2 aromatic carbocycles. The molecule has 4 rings (SSSR count). The first-order chi connectivity index (χ1) is 15.8. The van der Waals surface area contributed by atoms with Crippen molar-refractivity contribution in [2.24, 2.45) is 5.73 Å². The van der Waals surface area contributed by atoms with Gasteiger partial charge in [-0.1, -0.05) is 0 Å². The maximum Gasteiger partial charge on any atom is 0.412 e. The summed E-state index contributed by atoms with van der Waals surface area (Å²) in [5.41, 5.74) is 7.32. The zero-order chi connectivity index (χ0) is 23.5. The number of primary amides is 1. The molecule has 0 aliphatic rings. The Hall–Kier alpha value is -4.27. The number of rotatable bonds is 7. The van der Waals surface area contributed by atoms with Gasteiger partial charge in [-0.3, -0.25) is 0 Å². The largest absolute Gasteiger partial charge is 0.489 e. The van der Waals surface area contributed by atoms with Crippen molar-refractivity contribution in [3.05, 3.63) is 71.9 Å². The molecule has 2 aromatic heterocycles. The minimum atomic E-state index is -1.25. The van der Waals surface area contributed by atoms with Crippen molar-refractivity contribution in [3.8, 4) is 17.1 Å². The van der Waals surface area contributed by atoms with E-state index in [1.54, 1.807) is 24.7 Å². The average molecular weight is 452 g/mol. The number of hydrogen-bond donors (Lipinski definition) is 2. The van der Waals surface area contributed by atoms with Crippen molar-refractivity contribution in [2.45, 2.75) is 26.5 Å². The molecule has 0 saturated heterocycles. The van der Waals surface area contributed by atoms with E-state index < -0.39 is 17.9 Å². The van der Waals surface area contributed by atoms with Crippen LogP contribution in [0.15, 0.2) is 63.8 Å². The molecular weight excluding hydrogens is 431 g/mol. The van der Waals surface area contributed by atoms with E-state index in [4.69, 9.17) is 19.3 Å². The Morgan fingerprint density at radius 1 is 1.15 bits per heavy atom. The first-order valence-electron chi connectivity index (χ1n) is 10.1. The number of carbonyl (C=O) groups is 2. The standard InChI is InChI=1S/C24H21FN2O6/c1-13(2)31-20-9-17-19(10-18(20)27-11-14-7-8-30-12-14)32-22(15-3-5-16(25)6-4-15)21(17)23(28)33-24(26)29/h3-10,12-13,27H,11H2,1-2H3,(H2,26,29). The number of benzene rings is 2. The Balaban J connectivity index is 1.86. The van der Waals surface area contributed by atoms with E-state index in [1.807, 2.05) is 19.9 Å². The van der Waals surface area contributed by atoms with Crippen LogP contribution >= 0.6 is 0 Å². The predicted molar refractivity (Wildman–Crippen MR) is 118 cm³/mol. The summed E-state index contributed by atoms with van der Waals surface area (Å²) in [7, 11) is 0. The van der Waals surface area contributed by atoms with Gasteiger partial charge in [0.2, 0.25) is 0 Å². The maximum absolute atomic E-state index is 13.5. The number of nitrogens with two attached hydrogens (primary N) is 1. The summed E-state index contributed by atoms with van der Waals surface area (Å²) in [4.78, 5) is 24.0. The molecule has 170 valence electrons. The number of anilines is 1. The molecule has 0 atom stereocenters. The second-order valence-corrected chi connectivity index (χ2v) is 7.52. The van der Waals surface area contributed by atoms with Crippen LogP contribution in [0.5, 0.6) is 5.75 Å². The number of fused-ring (bicyclic) bond motifs is 1. The number of furan rings is 2. The average Bonchev–Trinajstić information content (AvgIpc) is 3.39. The van der Waals surface area contributed by atoms with Gasteiger partial charge in [0.05, 0.1) is 24.3 Å². The van der Waals surface area contributed by atoms with E-state index in [0.717, 1.165) is 5.56 Å². The molecule has 3 N–H and O–H groups in total. The highest BCUT2D eigenvalue weighted by atomic mass is 19.1. The number of carbonyl (C=O) groups excluding carboxylic acids is 2. The fraction of sp³-hybridized carbons (Fsp3) is 0.167. The van der Waals surface area contributed by atoms with Gasteiger partial charge in [-0.15, -0.1) is 0 Å². The molecule has 0 saturated carbocycles. The molecule has 0 spiro atoms. The lowest BCUT2D eigenvalue weighted by molar-refractivity contribution is 0.0640. The predicted octanol–water partition coefficient (Wildman–Crippen LogP) is 5.47. The first-order valence-corrected chi connectivity index (χ1v) is 10.1. The SMILES string of the molecule is CC(C)Oc1cc2c(C(=O)OC(N)=O)c(-c3ccc(F)cc3)oc2cc1NCc1ccoc1. The fourth-order valence-corrected chi connectivity index (χ4v) is 3.35. The summed E-state index contributed by atoms with van der Waals surface area (Å²) in [5, 5.41) is 3.62. The van der Waals surface area contributed by atoms with Gasteiger partial charge in [-0.05, 0) is 50.2 Å². The fourth-order valence-electron chi connectivity index (χ4n) is 3.35. The Kier molecular flexibility index (Phi) is 6.03. The lowest BCUT2D eigenvalue weighted by Gasteiger charge is -2.15. The normalized spacial score (nSPS) is 11.0. The van der Waals surface area contributed by atoms with Gasteiger partial charge >= 0.3 is 12.1 Å². The van der Waals surface area contributed by atoms with Crippen molar-refractivity contribution in [1.82, 2.24) is 0 Å². The number of ether oxygens (including phenoxy) is 2. The van der Waals surface area contributed by atoms with Gasteiger partial charge in [-0.2, -0.15) is 0 Å². The van der Waals surface area contributed by atoms with E-state index >= 15 is 0 Å². The summed E-state index contributed by atoms with van der Waals surface area (Å²) in [5.74, 6) is -0.871. The molecule has 2 heterocycles. The van der Waals surface area contributed by atoms with Crippen molar-refractivity contribution in [1.29, 1.82) is 0 Å². The molecule has 33 heavy (non-hydrogen) atoms. The molecule has 0 aliphatic heterocycles. The summed E-state index contributed by atoms with van der Waals surface area (Å²) in [6, 6.07) is 10.5. The van der Waals surface area contributed by atoms with E-state index in [1.165, 1.54) is 24.3 Å². The van der Waals surface area contributed by atoms with Crippen LogP contribution in [0.1, 0.15) is 29.8 Å². The molecule has 1 amide bonds. The van der Waals surface area contributed by atoms with Crippen LogP contribution in [-0.4, -0.2) is 18.2 Å². The lowest BCUT2D eigenvalue weighted by Crippen LogP contribution is -2.18. The molecule has 0 unspecified atom stereocenters. The van der Waals surface area contributed by atoms with Crippen molar-refractivity contribution >= 4 is 28.7 Å². The minimum absolute atomic E-state index is 0.0228. The van der Waals surface area contributed by atoms with Gasteiger partial charge < -0.3 is 29.4 Å². The molecule has 0 bridgehead atoms. The van der Waals surface area contributed by atoms with Crippen molar-refractivity contribution in [2.75, 3.05) is 5.32 Å². The van der Waals surface area contributed by atoms with Crippen LogP contribution in [0, 0.1) is 5.82 Å². The third kappa shape index (κ3) is 4.82. The van der Waals surface area contributed by atoms with Gasteiger partial charge in [0, 0.05) is 29.1 Å². The van der Waals surface area contributed by atoms with Gasteiger partial charge in [-0.25, -0.2) is 14.0 Å². The lowest BCUT2D eigenvalue weighted by atomic mass is 10.0. The van der Waals surface area contributed by atoms with Crippen LogP contribution in [-0.2, 0) is 11.3 Å². The number of esters is 1. The summed E-state index contributed by atoms with van der Waals surface area (Å²) < 4.78 is 35.1. The highest BCUT2D eigenvalue weighted by Gasteiger charge is 2.26. The molecule has 4 aromatic rings. The first kappa shape index (κ1) is 21.9. The molecule has 8 nitrogen and oxygen atoms in total. The van der Waals surface area contributed by atoms with E-state index in [9.17, 15) is 14.0 Å². The maximum atomic E-state index is 13.5.